The lowest BCUT2D eigenvalue weighted by molar-refractivity contribution is 0.0733. The number of hydrogen-bond donors (Lipinski definition) is 1. The maximum atomic E-state index is 12.2. The van der Waals surface area contributed by atoms with Gasteiger partial charge in [-0.3, -0.25) is 4.72 Å². The molecule has 1 fully saturated rings. The molecule has 1 saturated heterocycles. The lowest BCUT2D eigenvalue weighted by Crippen LogP contribution is -2.43. The average molecular weight is 286 g/mol. The number of morpholine rings is 1. The van der Waals surface area contributed by atoms with Crippen LogP contribution in [0.5, 0.6) is 5.75 Å². The second-order valence-corrected chi connectivity index (χ2v) is 5.72. The maximum Gasteiger partial charge on any atom is 0.301 e. The van der Waals surface area contributed by atoms with Crippen molar-refractivity contribution in [2.75, 3.05) is 37.6 Å². The predicted molar refractivity (Wildman–Crippen MR) is 72.5 cm³/mol. The van der Waals surface area contributed by atoms with E-state index in [0.717, 1.165) is 0 Å². The van der Waals surface area contributed by atoms with Crippen LogP contribution < -0.4 is 9.46 Å². The minimum Gasteiger partial charge on any atom is -0.492 e. The molecule has 106 valence electrons. The Bertz CT molecular complexity index is 512. The van der Waals surface area contributed by atoms with E-state index in [-0.39, 0.29) is 0 Å². The van der Waals surface area contributed by atoms with Gasteiger partial charge in [-0.25, -0.2) is 0 Å². The van der Waals surface area contributed by atoms with Gasteiger partial charge in [-0.1, -0.05) is 12.1 Å². The zero-order chi connectivity index (χ0) is 13.7. The van der Waals surface area contributed by atoms with E-state index in [1.165, 1.54) is 4.31 Å². The van der Waals surface area contributed by atoms with Crippen molar-refractivity contribution in [2.45, 2.75) is 6.92 Å². The molecule has 0 atom stereocenters. The molecule has 0 aromatic heterocycles. The molecule has 0 radical (unpaired) electrons. The number of nitrogens with one attached hydrogen (secondary N) is 1. The summed E-state index contributed by atoms with van der Waals surface area (Å²) in [7, 11) is -3.55. The minimum atomic E-state index is -3.55. The lowest BCUT2D eigenvalue weighted by Gasteiger charge is -2.26. The summed E-state index contributed by atoms with van der Waals surface area (Å²) >= 11 is 0. The Balaban J connectivity index is 2.15. The van der Waals surface area contributed by atoms with Crippen molar-refractivity contribution in [2.24, 2.45) is 0 Å². The van der Waals surface area contributed by atoms with Crippen LogP contribution in [0.15, 0.2) is 24.3 Å². The van der Waals surface area contributed by atoms with E-state index in [1.54, 1.807) is 24.3 Å². The highest BCUT2D eigenvalue weighted by molar-refractivity contribution is 7.90. The topological polar surface area (TPSA) is 67.9 Å². The summed E-state index contributed by atoms with van der Waals surface area (Å²) in [5, 5.41) is 0. The van der Waals surface area contributed by atoms with E-state index < -0.39 is 10.2 Å². The van der Waals surface area contributed by atoms with Gasteiger partial charge in [0.2, 0.25) is 0 Å². The van der Waals surface area contributed by atoms with Crippen molar-refractivity contribution in [3.05, 3.63) is 24.3 Å². The largest absolute Gasteiger partial charge is 0.492 e. The predicted octanol–water partition coefficient (Wildman–Crippen LogP) is 1.07. The summed E-state index contributed by atoms with van der Waals surface area (Å²) in [4.78, 5) is 0. The SMILES string of the molecule is CCOc1ccccc1NS(=O)(=O)N1CCOCC1. The zero-order valence-electron chi connectivity index (χ0n) is 10.8. The molecule has 1 aliphatic rings. The molecule has 0 amide bonds. The van der Waals surface area contributed by atoms with Crippen molar-refractivity contribution < 1.29 is 17.9 Å². The molecule has 0 saturated carbocycles. The number of para-hydroxylation sites is 2. The Kier molecular flexibility index (Phi) is 4.62. The Morgan fingerprint density at radius 2 is 2.00 bits per heavy atom. The molecule has 19 heavy (non-hydrogen) atoms. The summed E-state index contributed by atoms with van der Waals surface area (Å²) in [5.74, 6) is 0.529. The van der Waals surface area contributed by atoms with Gasteiger partial charge in [0.05, 0.1) is 25.5 Å². The molecule has 0 spiro atoms. The second kappa shape index (κ2) is 6.23. The Morgan fingerprint density at radius 3 is 2.68 bits per heavy atom. The van der Waals surface area contributed by atoms with Crippen molar-refractivity contribution in [3.63, 3.8) is 0 Å². The van der Waals surface area contributed by atoms with E-state index in [4.69, 9.17) is 9.47 Å². The molecular weight excluding hydrogens is 268 g/mol. The van der Waals surface area contributed by atoms with Gasteiger partial charge in [-0.2, -0.15) is 12.7 Å². The van der Waals surface area contributed by atoms with Crippen molar-refractivity contribution in [3.8, 4) is 5.75 Å². The number of anilines is 1. The van der Waals surface area contributed by atoms with Crippen molar-refractivity contribution in [1.29, 1.82) is 0 Å². The molecular formula is C12H18N2O4S. The summed E-state index contributed by atoms with van der Waals surface area (Å²) in [6.07, 6.45) is 0. The Hall–Kier alpha value is -1.31. The van der Waals surface area contributed by atoms with Crippen LogP contribution in [0, 0.1) is 0 Å². The first kappa shape index (κ1) is 14.1. The van der Waals surface area contributed by atoms with Crippen LogP contribution in [0.1, 0.15) is 6.92 Å². The monoisotopic (exact) mass is 286 g/mol. The van der Waals surface area contributed by atoms with Gasteiger partial charge < -0.3 is 9.47 Å². The van der Waals surface area contributed by atoms with Gasteiger partial charge in [-0.15, -0.1) is 0 Å². The van der Waals surface area contributed by atoms with Gasteiger partial charge in [0.25, 0.3) is 0 Å². The Morgan fingerprint density at radius 1 is 1.32 bits per heavy atom. The van der Waals surface area contributed by atoms with Gasteiger partial charge in [0.1, 0.15) is 5.75 Å². The van der Waals surface area contributed by atoms with Crippen LogP contribution in [0.3, 0.4) is 0 Å². The number of nitrogens with zero attached hydrogens (tertiary/aromatic N) is 1. The van der Waals surface area contributed by atoms with Gasteiger partial charge in [-0.05, 0) is 19.1 Å². The molecule has 2 rings (SSSR count). The molecule has 0 bridgehead atoms. The first-order valence-electron chi connectivity index (χ1n) is 6.21. The van der Waals surface area contributed by atoms with Crippen LogP contribution in [0.4, 0.5) is 5.69 Å². The van der Waals surface area contributed by atoms with Crippen LogP contribution >= 0.6 is 0 Å². The highest BCUT2D eigenvalue weighted by Crippen LogP contribution is 2.25. The zero-order valence-corrected chi connectivity index (χ0v) is 11.6. The van der Waals surface area contributed by atoms with E-state index in [2.05, 4.69) is 4.72 Å². The van der Waals surface area contributed by atoms with Crippen LogP contribution in [-0.2, 0) is 14.9 Å². The van der Waals surface area contributed by atoms with Crippen LogP contribution in [-0.4, -0.2) is 45.6 Å². The number of ether oxygens (including phenoxy) is 2. The van der Waals surface area contributed by atoms with E-state index in [0.29, 0.717) is 44.3 Å². The lowest BCUT2D eigenvalue weighted by atomic mass is 10.3. The molecule has 1 N–H and O–H groups in total. The number of hydrogen-bond acceptors (Lipinski definition) is 4. The molecule has 6 nitrogen and oxygen atoms in total. The van der Waals surface area contributed by atoms with Gasteiger partial charge >= 0.3 is 10.2 Å². The summed E-state index contributed by atoms with van der Waals surface area (Å²) in [6, 6.07) is 6.99. The molecule has 1 heterocycles. The smallest absolute Gasteiger partial charge is 0.301 e. The first-order chi connectivity index (χ1) is 9.13. The third-order valence-electron chi connectivity index (χ3n) is 2.74. The standard InChI is InChI=1S/C12H18N2O4S/c1-2-18-12-6-4-3-5-11(12)13-19(15,16)14-7-9-17-10-8-14/h3-6,13H,2,7-10H2,1H3. The van der Waals surface area contributed by atoms with E-state index in [9.17, 15) is 8.42 Å². The molecule has 1 aromatic carbocycles. The summed E-state index contributed by atoms with van der Waals surface area (Å²) < 4.78 is 38.9. The maximum absolute atomic E-state index is 12.2. The quantitative estimate of drug-likeness (QED) is 0.879. The van der Waals surface area contributed by atoms with Gasteiger partial charge in [0, 0.05) is 13.1 Å². The first-order valence-corrected chi connectivity index (χ1v) is 7.65. The number of rotatable bonds is 5. The van der Waals surface area contributed by atoms with Gasteiger partial charge in [0.15, 0.2) is 0 Å². The highest BCUT2D eigenvalue weighted by atomic mass is 32.2. The summed E-state index contributed by atoms with van der Waals surface area (Å²) in [6.45, 7) is 3.92. The van der Waals surface area contributed by atoms with Crippen molar-refractivity contribution >= 4 is 15.9 Å². The molecule has 0 aliphatic carbocycles. The fourth-order valence-electron chi connectivity index (χ4n) is 1.82. The highest BCUT2D eigenvalue weighted by Gasteiger charge is 2.24. The Labute approximate surface area is 113 Å². The second-order valence-electron chi connectivity index (χ2n) is 4.05. The molecule has 0 unspecified atom stereocenters. The molecule has 7 heteroatoms. The molecule has 1 aromatic rings. The third kappa shape index (κ3) is 3.59. The average Bonchev–Trinajstić information content (AvgIpc) is 2.42. The molecule has 1 aliphatic heterocycles. The van der Waals surface area contributed by atoms with Crippen molar-refractivity contribution in [1.82, 2.24) is 4.31 Å². The third-order valence-corrected chi connectivity index (χ3v) is 4.26. The van der Waals surface area contributed by atoms with Crippen LogP contribution in [0.2, 0.25) is 0 Å². The van der Waals surface area contributed by atoms with E-state index >= 15 is 0 Å². The van der Waals surface area contributed by atoms with E-state index in [1.807, 2.05) is 6.92 Å². The normalized spacial score (nSPS) is 17.1. The summed E-state index contributed by atoms with van der Waals surface area (Å²) in [5.41, 5.74) is 0.454. The van der Waals surface area contributed by atoms with Crippen LogP contribution in [0.25, 0.3) is 0 Å². The number of benzene rings is 1. The fraction of sp³-hybridized carbons (Fsp3) is 0.500. The fourth-order valence-corrected chi connectivity index (χ4v) is 3.03. The minimum absolute atomic E-state index is 0.367.